The zero-order valence-electron chi connectivity index (χ0n) is 13.9. The van der Waals surface area contributed by atoms with E-state index in [2.05, 4.69) is 25.3 Å². The molecule has 9 heteroatoms. The topological polar surface area (TPSA) is 82.9 Å². The van der Waals surface area contributed by atoms with Crippen LogP contribution >= 0.6 is 0 Å². The van der Waals surface area contributed by atoms with Gasteiger partial charge in [-0.1, -0.05) is 0 Å². The largest absolute Gasteiger partial charge is 0.573 e. The molecule has 0 aliphatic carbocycles. The lowest BCUT2D eigenvalue weighted by molar-refractivity contribution is -0.274. The van der Waals surface area contributed by atoms with E-state index in [1.807, 2.05) is 20.8 Å². The molecule has 0 unspecified atom stereocenters. The van der Waals surface area contributed by atoms with Gasteiger partial charge in [-0.15, -0.1) is 13.2 Å². The highest BCUT2D eigenvalue weighted by molar-refractivity contribution is 5.91. The summed E-state index contributed by atoms with van der Waals surface area (Å²) in [5.74, 6) is 0.529. The van der Waals surface area contributed by atoms with Crippen LogP contribution in [-0.4, -0.2) is 28.1 Å². The minimum absolute atomic E-state index is 0.264. The minimum Gasteiger partial charge on any atom is -0.406 e. The van der Waals surface area contributed by atoms with E-state index < -0.39 is 6.36 Å². The van der Waals surface area contributed by atoms with Crippen molar-refractivity contribution in [2.75, 3.05) is 10.6 Å². The first-order valence-corrected chi connectivity index (χ1v) is 7.34. The Morgan fingerprint density at radius 3 is 2.16 bits per heavy atom. The van der Waals surface area contributed by atoms with Gasteiger partial charge in [0, 0.05) is 17.4 Å². The fourth-order valence-electron chi connectivity index (χ4n) is 1.96. The van der Waals surface area contributed by atoms with Gasteiger partial charge < -0.3 is 20.8 Å². The Morgan fingerprint density at radius 2 is 1.64 bits per heavy atom. The van der Waals surface area contributed by atoms with Crippen molar-refractivity contribution in [2.24, 2.45) is 0 Å². The Morgan fingerprint density at radius 1 is 1.04 bits per heavy atom. The number of ether oxygens (including phenoxy) is 1. The Bertz CT molecular complexity index is 739. The molecule has 0 saturated carbocycles. The third-order valence-electron chi connectivity index (χ3n) is 2.87. The van der Waals surface area contributed by atoms with Crippen LogP contribution in [0.25, 0.3) is 0 Å². The fraction of sp³-hybridized carbons (Fsp3) is 0.312. The summed E-state index contributed by atoms with van der Waals surface area (Å²) in [5.41, 5.74) is 0.672. The first-order chi connectivity index (χ1) is 11.6. The van der Waals surface area contributed by atoms with Crippen molar-refractivity contribution >= 4 is 23.5 Å². The zero-order valence-corrected chi connectivity index (χ0v) is 13.9. The highest BCUT2D eigenvalue weighted by atomic mass is 19.4. The van der Waals surface area contributed by atoms with Gasteiger partial charge in [-0.3, -0.25) is 0 Å². The standard InChI is InChI=1S/C16H18F3N5O/c1-15(2,3)24-14-12(8-20)13(21-9-22-14)23-10-4-6-11(7-5-10)25-16(17,18)19/h4-9,20H,1-3H3,(H2,21,22,23,24). The third kappa shape index (κ3) is 5.63. The molecule has 1 aromatic heterocycles. The van der Waals surface area contributed by atoms with Gasteiger partial charge in [0.15, 0.2) is 0 Å². The summed E-state index contributed by atoms with van der Waals surface area (Å²) in [6, 6.07) is 5.23. The van der Waals surface area contributed by atoms with Crippen molar-refractivity contribution in [3.05, 3.63) is 36.2 Å². The number of aromatic nitrogens is 2. The smallest absolute Gasteiger partial charge is 0.406 e. The van der Waals surface area contributed by atoms with E-state index in [4.69, 9.17) is 5.41 Å². The molecular formula is C16H18F3N5O. The van der Waals surface area contributed by atoms with Gasteiger partial charge in [0.25, 0.3) is 0 Å². The summed E-state index contributed by atoms with van der Waals surface area (Å²) in [4.78, 5) is 8.23. The summed E-state index contributed by atoms with van der Waals surface area (Å²) in [5, 5.41) is 13.7. The van der Waals surface area contributed by atoms with Gasteiger partial charge in [-0.2, -0.15) is 0 Å². The quantitative estimate of drug-likeness (QED) is 0.697. The van der Waals surface area contributed by atoms with Crippen LogP contribution in [0.3, 0.4) is 0 Å². The number of rotatable bonds is 5. The summed E-state index contributed by atoms with van der Waals surface area (Å²) >= 11 is 0. The van der Waals surface area contributed by atoms with Gasteiger partial charge >= 0.3 is 6.36 Å². The number of halogens is 3. The average Bonchev–Trinajstić information content (AvgIpc) is 2.46. The third-order valence-corrected chi connectivity index (χ3v) is 2.87. The second kappa shape index (κ2) is 6.96. The van der Waals surface area contributed by atoms with Gasteiger partial charge in [-0.25, -0.2) is 9.97 Å². The predicted octanol–water partition coefficient (Wildman–Crippen LogP) is 4.33. The maximum Gasteiger partial charge on any atom is 0.573 e. The molecule has 0 saturated heterocycles. The van der Waals surface area contributed by atoms with E-state index in [1.165, 1.54) is 30.6 Å². The molecular weight excluding hydrogens is 335 g/mol. The SMILES string of the molecule is CC(C)(C)Nc1ncnc(Nc2ccc(OC(F)(F)F)cc2)c1C=N. The first kappa shape index (κ1) is 18.5. The van der Waals surface area contributed by atoms with Crippen LogP contribution in [0.2, 0.25) is 0 Å². The van der Waals surface area contributed by atoms with Gasteiger partial charge in [-0.05, 0) is 45.0 Å². The molecule has 6 nitrogen and oxygen atoms in total. The van der Waals surface area contributed by atoms with E-state index in [9.17, 15) is 13.2 Å². The molecule has 0 radical (unpaired) electrons. The number of nitrogens with one attached hydrogen (secondary N) is 3. The number of hydrogen-bond acceptors (Lipinski definition) is 6. The van der Waals surface area contributed by atoms with Crippen molar-refractivity contribution in [3.63, 3.8) is 0 Å². The number of benzene rings is 1. The Labute approximate surface area is 143 Å². The molecule has 3 N–H and O–H groups in total. The molecule has 134 valence electrons. The van der Waals surface area contributed by atoms with Crippen LogP contribution in [-0.2, 0) is 0 Å². The Hall–Kier alpha value is -2.84. The van der Waals surface area contributed by atoms with E-state index in [0.717, 1.165) is 6.21 Å². The fourth-order valence-corrected chi connectivity index (χ4v) is 1.96. The number of alkyl halides is 3. The molecule has 1 heterocycles. The molecule has 2 rings (SSSR count). The van der Waals surface area contributed by atoms with E-state index in [1.54, 1.807) is 0 Å². The van der Waals surface area contributed by atoms with E-state index >= 15 is 0 Å². The van der Waals surface area contributed by atoms with Crippen molar-refractivity contribution in [1.82, 2.24) is 9.97 Å². The minimum atomic E-state index is -4.73. The van der Waals surface area contributed by atoms with Gasteiger partial charge in [0.1, 0.15) is 23.7 Å². The van der Waals surface area contributed by atoms with Gasteiger partial charge in [0.05, 0.1) is 5.56 Å². The molecule has 0 fully saturated rings. The van der Waals surface area contributed by atoms with Crippen LogP contribution in [0, 0.1) is 5.41 Å². The second-order valence-electron chi connectivity index (χ2n) is 6.20. The average molecular weight is 353 g/mol. The van der Waals surface area contributed by atoms with Crippen LogP contribution in [0.1, 0.15) is 26.3 Å². The van der Waals surface area contributed by atoms with Crippen molar-refractivity contribution in [2.45, 2.75) is 32.7 Å². The maximum atomic E-state index is 12.2. The van der Waals surface area contributed by atoms with E-state index in [-0.39, 0.29) is 11.3 Å². The molecule has 0 atom stereocenters. The van der Waals surface area contributed by atoms with Crippen LogP contribution < -0.4 is 15.4 Å². The summed E-state index contributed by atoms with van der Waals surface area (Å²) in [6.07, 6.45) is -2.29. The predicted molar refractivity (Wildman–Crippen MR) is 89.7 cm³/mol. The molecule has 2 aromatic rings. The van der Waals surface area contributed by atoms with Crippen LogP contribution in [0.5, 0.6) is 5.75 Å². The summed E-state index contributed by atoms with van der Waals surface area (Å²) < 4.78 is 40.4. The lowest BCUT2D eigenvalue weighted by Crippen LogP contribution is -2.27. The molecule has 0 aliphatic heterocycles. The second-order valence-corrected chi connectivity index (χ2v) is 6.20. The lowest BCUT2D eigenvalue weighted by Gasteiger charge is -2.23. The Kier molecular flexibility index (Phi) is 5.15. The molecule has 0 aliphatic rings. The summed E-state index contributed by atoms with van der Waals surface area (Å²) in [7, 11) is 0. The number of hydrogen-bond donors (Lipinski definition) is 3. The highest BCUT2D eigenvalue weighted by Crippen LogP contribution is 2.27. The summed E-state index contributed by atoms with van der Waals surface area (Å²) in [6.45, 7) is 5.86. The van der Waals surface area contributed by atoms with Crippen molar-refractivity contribution in [3.8, 4) is 5.75 Å². The highest BCUT2D eigenvalue weighted by Gasteiger charge is 2.30. The first-order valence-electron chi connectivity index (χ1n) is 7.34. The maximum absolute atomic E-state index is 12.2. The molecule has 0 spiro atoms. The molecule has 0 bridgehead atoms. The van der Waals surface area contributed by atoms with Crippen LogP contribution in [0.15, 0.2) is 30.6 Å². The number of nitrogens with zero attached hydrogens (tertiary/aromatic N) is 2. The van der Waals surface area contributed by atoms with Crippen molar-refractivity contribution < 1.29 is 17.9 Å². The monoisotopic (exact) mass is 353 g/mol. The van der Waals surface area contributed by atoms with Crippen LogP contribution in [0.4, 0.5) is 30.5 Å². The lowest BCUT2D eigenvalue weighted by atomic mass is 10.1. The zero-order chi connectivity index (χ0) is 18.7. The molecule has 1 aromatic carbocycles. The Balaban J connectivity index is 2.22. The van der Waals surface area contributed by atoms with Gasteiger partial charge in [0.2, 0.25) is 0 Å². The van der Waals surface area contributed by atoms with E-state index in [0.29, 0.717) is 22.9 Å². The molecule has 0 amide bonds. The molecule has 25 heavy (non-hydrogen) atoms. The number of anilines is 3. The van der Waals surface area contributed by atoms with Crippen molar-refractivity contribution in [1.29, 1.82) is 5.41 Å². The normalized spacial score (nSPS) is 11.8.